The van der Waals surface area contributed by atoms with Gasteiger partial charge in [0.2, 0.25) is 0 Å². The van der Waals surface area contributed by atoms with Crippen molar-refractivity contribution in [1.29, 1.82) is 0 Å². The number of hydrogen-bond acceptors (Lipinski definition) is 5. The molecule has 0 radical (unpaired) electrons. The van der Waals surface area contributed by atoms with E-state index in [9.17, 15) is 9.59 Å². The Morgan fingerprint density at radius 2 is 2.21 bits per heavy atom. The molecule has 1 aromatic heterocycles. The van der Waals surface area contributed by atoms with Gasteiger partial charge in [-0.3, -0.25) is 4.79 Å². The maximum Gasteiger partial charge on any atom is 0.335 e. The van der Waals surface area contributed by atoms with Gasteiger partial charge in [0.1, 0.15) is 0 Å². The molecule has 0 saturated carbocycles. The molecular formula is C11H11N5O3. The van der Waals surface area contributed by atoms with E-state index in [0.29, 0.717) is 13.0 Å². The highest BCUT2D eigenvalue weighted by Gasteiger charge is 2.09. The van der Waals surface area contributed by atoms with E-state index in [1.807, 2.05) is 0 Å². The Morgan fingerprint density at radius 1 is 1.37 bits per heavy atom. The van der Waals surface area contributed by atoms with E-state index in [0.717, 1.165) is 5.56 Å². The molecule has 2 aromatic rings. The third-order valence-electron chi connectivity index (χ3n) is 2.42. The van der Waals surface area contributed by atoms with Gasteiger partial charge in [0.25, 0.3) is 11.7 Å². The van der Waals surface area contributed by atoms with Crippen molar-refractivity contribution in [3.8, 4) is 0 Å². The van der Waals surface area contributed by atoms with E-state index in [1.54, 1.807) is 18.2 Å². The fourth-order valence-electron chi connectivity index (χ4n) is 1.52. The SMILES string of the molecule is O=C(O)c1cccc(CCNC(=O)c2nn[nH]n2)c1. The van der Waals surface area contributed by atoms with Crippen molar-refractivity contribution < 1.29 is 14.7 Å². The molecule has 0 bridgehead atoms. The quantitative estimate of drug-likeness (QED) is 0.689. The predicted octanol–water partition coefficient (Wildman–Crippen LogP) is -0.130. The second-order valence-corrected chi connectivity index (χ2v) is 3.75. The lowest BCUT2D eigenvalue weighted by atomic mass is 10.1. The molecular weight excluding hydrogens is 250 g/mol. The smallest absolute Gasteiger partial charge is 0.335 e. The number of nitrogens with one attached hydrogen (secondary N) is 2. The molecule has 0 aliphatic heterocycles. The first kappa shape index (κ1) is 12.7. The highest BCUT2D eigenvalue weighted by molar-refractivity contribution is 5.90. The number of nitrogens with zero attached hydrogens (tertiary/aromatic N) is 3. The van der Waals surface area contributed by atoms with Crippen LogP contribution in [0, 0.1) is 0 Å². The minimum atomic E-state index is -0.974. The van der Waals surface area contributed by atoms with Gasteiger partial charge in [-0.05, 0) is 29.3 Å². The number of carboxylic acid groups (broad SMARTS) is 1. The molecule has 98 valence electrons. The van der Waals surface area contributed by atoms with Crippen LogP contribution in [0.4, 0.5) is 0 Å². The molecule has 0 spiro atoms. The summed E-state index contributed by atoms with van der Waals surface area (Å²) in [6.07, 6.45) is 0.519. The molecule has 8 nitrogen and oxygen atoms in total. The van der Waals surface area contributed by atoms with E-state index in [2.05, 4.69) is 25.9 Å². The van der Waals surface area contributed by atoms with Crippen molar-refractivity contribution >= 4 is 11.9 Å². The Morgan fingerprint density at radius 3 is 2.89 bits per heavy atom. The highest BCUT2D eigenvalue weighted by Crippen LogP contribution is 2.05. The van der Waals surface area contributed by atoms with Crippen LogP contribution in [0.3, 0.4) is 0 Å². The van der Waals surface area contributed by atoms with Gasteiger partial charge in [-0.1, -0.05) is 12.1 Å². The van der Waals surface area contributed by atoms with Gasteiger partial charge in [-0.15, -0.1) is 10.2 Å². The van der Waals surface area contributed by atoms with E-state index in [-0.39, 0.29) is 11.4 Å². The number of H-pyrrole nitrogens is 1. The number of hydrogen-bond donors (Lipinski definition) is 3. The first-order valence-corrected chi connectivity index (χ1v) is 5.50. The number of rotatable bonds is 5. The zero-order chi connectivity index (χ0) is 13.7. The van der Waals surface area contributed by atoms with E-state index < -0.39 is 11.9 Å². The molecule has 0 unspecified atom stereocenters. The summed E-state index contributed by atoms with van der Waals surface area (Å²) >= 11 is 0. The summed E-state index contributed by atoms with van der Waals surface area (Å²) in [5.74, 6) is -1.43. The fourth-order valence-corrected chi connectivity index (χ4v) is 1.52. The number of carboxylic acids is 1. The molecule has 0 atom stereocenters. The Balaban J connectivity index is 1.87. The second kappa shape index (κ2) is 5.71. The third-order valence-corrected chi connectivity index (χ3v) is 2.42. The first-order chi connectivity index (χ1) is 9.16. The van der Waals surface area contributed by atoms with Crippen LogP contribution in [0.25, 0.3) is 0 Å². The second-order valence-electron chi connectivity index (χ2n) is 3.75. The number of aromatic carboxylic acids is 1. The predicted molar refractivity (Wildman–Crippen MR) is 63.6 cm³/mol. The van der Waals surface area contributed by atoms with Crippen molar-refractivity contribution in [3.05, 3.63) is 41.2 Å². The van der Waals surface area contributed by atoms with Crippen LogP contribution < -0.4 is 5.32 Å². The van der Waals surface area contributed by atoms with Crippen molar-refractivity contribution in [3.63, 3.8) is 0 Å². The summed E-state index contributed by atoms with van der Waals surface area (Å²) in [5.41, 5.74) is 1.05. The lowest BCUT2D eigenvalue weighted by Crippen LogP contribution is -2.26. The van der Waals surface area contributed by atoms with Crippen LogP contribution in [0.2, 0.25) is 0 Å². The summed E-state index contributed by atoms with van der Waals surface area (Å²) in [7, 11) is 0. The number of tetrazole rings is 1. The fraction of sp³-hybridized carbons (Fsp3) is 0.182. The van der Waals surface area contributed by atoms with Crippen molar-refractivity contribution in [2.75, 3.05) is 6.54 Å². The summed E-state index contributed by atoms with van der Waals surface area (Å²) in [5, 5.41) is 24.0. The molecule has 0 saturated heterocycles. The average molecular weight is 261 g/mol. The van der Waals surface area contributed by atoms with Gasteiger partial charge >= 0.3 is 5.97 Å². The van der Waals surface area contributed by atoms with Gasteiger partial charge in [-0.2, -0.15) is 5.21 Å². The maximum absolute atomic E-state index is 11.5. The van der Waals surface area contributed by atoms with Gasteiger partial charge in [0.05, 0.1) is 5.56 Å². The Bertz CT molecular complexity index is 582. The van der Waals surface area contributed by atoms with Crippen LogP contribution in [0.5, 0.6) is 0 Å². The number of carbonyl (C=O) groups is 2. The van der Waals surface area contributed by atoms with Crippen LogP contribution in [-0.4, -0.2) is 44.2 Å². The molecule has 1 heterocycles. The largest absolute Gasteiger partial charge is 0.478 e. The molecule has 1 aromatic carbocycles. The zero-order valence-electron chi connectivity index (χ0n) is 9.83. The van der Waals surface area contributed by atoms with Crippen LogP contribution >= 0.6 is 0 Å². The lowest BCUT2D eigenvalue weighted by Gasteiger charge is -2.03. The molecule has 8 heteroatoms. The van der Waals surface area contributed by atoms with Crippen molar-refractivity contribution in [2.45, 2.75) is 6.42 Å². The minimum absolute atomic E-state index is 0.0284. The summed E-state index contributed by atoms with van der Waals surface area (Å²) < 4.78 is 0. The summed E-state index contributed by atoms with van der Waals surface area (Å²) in [6, 6.07) is 6.55. The Kier molecular flexibility index (Phi) is 3.81. The standard InChI is InChI=1S/C11H11N5O3/c17-10(9-13-15-16-14-9)12-5-4-7-2-1-3-8(6-7)11(18)19/h1-3,6H,4-5H2,(H,12,17)(H,18,19)(H,13,14,15,16). The van der Waals surface area contributed by atoms with Crippen LogP contribution in [0.1, 0.15) is 26.5 Å². The molecule has 2 rings (SSSR count). The lowest BCUT2D eigenvalue weighted by molar-refractivity contribution is 0.0696. The van der Waals surface area contributed by atoms with Crippen molar-refractivity contribution in [1.82, 2.24) is 25.9 Å². The zero-order valence-corrected chi connectivity index (χ0v) is 9.83. The highest BCUT2D eigenvalue weighted by atomic mass is 16.4. The monoisotopic (exact) mass is 261 g/mol. The van der Waals surface area contributed by atoms with Gasteiger partial charge in [0.15, 0.2) is 0 Å². The number of aromatic amines is 1. The van der Waals surface area contributed by atoms with E-state index in [1.165, 1.54) is 6.07 Å². The topological polar surface area (TPSA) is 121 Å². The van der Waals surface area contributed by atoms with Gasteiger partial charge in [-0.25, -0.2) is 4.79 Å². The molecule has 0 aliphatic carbocycles. The number of aromatic nitrogens is 4. The minimum Gasteiger partial charge on any atom is -0.478 e. The number of amides is 1. The maximum atomic E-state index is 11.5. The number of benzene rings is 1. The summed E-state index contributed by atoms with van der Waals surface area (Å²) in [4.78, 5) is 22.3. The molecule has 19 heavy (non-hydrogen) atoms. The number of carbonyl (C=O) groups excluding carboxylic acids is 1. The molecule has 3 N–H and O–H groups in total. The first-order valence-electron chi connectivity index (χ1n) is 5.50. The normalized spacial score (nSPS) is 10.1. The Labute approximate surface area is 107 Å². The van der Waals surface area contributed by atoms with Crippen LogP contribution in [0.15, 0.2) is 24.3 Å². The third kappa shape index (κ3) is 3.35. The molecule has 1 amide bonds. The summed E-state index contributed by atoms with van der Waals surface area (Å²) in [6.45, 7) is 0.358. The van der Waals surface area contributed by atoms with Gasteiger partial charge in [0, 0.05) is 6.54 Å². The molecule has 0 aliphatic rings. The van der Waals surface area contributed by atoms with E-state index in [4.69, 9.17) is 5.11 Å². The van der Waals surface area contributed by atoms with Gasteiger partial charge < -0.3 is 10.4 Å². The molecule has 0 fully saturated rings. The Hall–Kier alpha value is -2.77. The van der Waals surface area contributed by atoms with E-state index >= 15 is 0 Å². The van der Waals surface area contributed by atoms with Crippen molar-refractivity contribution in [2.24, 2.45) is 0 Å². The average Bonchev–Trinajstić information content (AvgIpc) is 2.93. The van der Waals surface area contributed by atoms with Crippen LogP contribution in [-0.2, 0) is 6.42 Å².